The molecule has 0 atom stereocenters. The van der Waals surface area contributed by atoms with Gasteiger partial charge in [-0.2, -0.15) is 5.10 Å². The molecule has 4 N–H and O–H groups in total. The number of hydrazone groups is 1. The van der Waals surface area contributed by atoms with Gasteiger partial charge in [0.05, 0.1) is 6.21 Å². The number of hydrogen-bond acceptors (Lipinski definition) is 5. The van der Waals surface area contributed by atoms with Crippen LogP contribution in [0.4, 0.5) is 0 Å². The molecule has 0 unspecified atom stereocenters. The topological polar surface area (TPSA) is 102 Å². The summed E-state index contributed by atoms with van der Waals surface area (Å²) in [6.07, 6.45) is 1.47. The van der Waals surface area contributed by atoms with Gasteiger partial charge >= 0.3 is 0 Å². The summed E-state index contributed by atoms with van der Waals surface area (Å²) < 4.78 is 0. The van der Waals surface area contributed by atoms with E-state index in [9.17, 15) is 20.1 Å². The van der Waals surface area contributed by atoms with Gasteiger partial charge in [-0.1, -0.05) is 29.8 Å². The number of nitrogens with one attached hydrogen (secondary N) is 1. The first-order valence-corrected chi connectivity index (χ1v) is 6.12. The summed E-state index contributed by atoms with van der Waals surface area (Å²) in [6.45, 7) is 1.96. The van der Waals surface area contributed by atoms with Gasteiger partial charge in [-0.15, -0.1) is 0 Å². The molecule has 0 bridgehead atoms. The predicted octanol–water partition coefficient (Wildman–Crippen LogP) is 1.88. The molecule has 0 aliphatic heterocycles. The summed E-state index contributed by atoms with van der Waals surface area (Å²) in [6, 6.07) is 9.60. The third-order valence-corrected chi connectivity index (χ3v) is 2.79. The van der Waals surface area contributed by atoms with E-state index >= 15 is 0 Å². The first kappa shape index (κ1) is 14.4. The van der Waals surface area contributed by atoms with Crippen LogP contribution in [-0.2, 0) is 0 Å². The van der Waals surface area contributed by atoms with Crippen LogP contribution in [-0.4, -0.2) is 27.4 Å². The van der Waals surface area contributed by atoms with E-state index in [0.29, 0.717) is 0 Å². The number of benzene rings is 2. The third-order valence-electron chi connectivity index (χ3n) is 2.79. The molecule has 0 heterocycles. The van der Waals surface area contributed by atoms with Crippen molar-refractivity contribution < 1.29 is 20.1 Å². The highest BCUT2D eigenvalue weighted by Gasteiger charge is 2.12. The number of phenolic OH excluding ortho intramolecular Hbond substituents is 3. The summed E-state index contributed by atoms with van der Waals surface area (Å²) in [5.74, 6) is -2.45. The molecule has 0 aliphatic rings. The zero-order valence-corrected chi connectivity index (χ0v) is 11.2. The van der Waals surface area contributed by atoms with E-state index in [-0.39, 0.29) is 5.56 Å². The second-order valence-electron chi connectivity index (χ2n) is 4.47. The first-order valence-electron chi connectivity index (χ1n) is 6.12. The fraction of sp³-hybridized carbons (Fsp3) is 0.0667. The number of carbonyl (C=O) groups is 1. The molecule has 2 aromatic rings. The van der Waals surface area contributed by atoms with Crippen molar-refractivity contribution >= 4 is 12.1 Å². The predicted molar refractivity (Wildman–Crippen MR) is 77.7 cm³/mol. The van der Waals surface area contributed by atoms with Crippen LogP contribution in [0.25, 0.3) is 0 Å². The Morgan fingerprint density at radius 3 is 2.24 bits per heavy atom. The van der Waals surface area contributed by atoms with Crippen LogP contribution in [0.3, 0.4) is 0 Å². The molecule has 6 nitrogen and oxygen atoms in total. The molecule has 0 saturated carbocycles. The Morgan fingerprint density at radius 2 is 1.67 bits per heavy atom. The smallest absolute Gasteiger partial charge is 0.271 e. The van der Waals surface area contributed by atoms with Gasteiger partial charge in [-0.25, -0.2) is 5.43 Å². The minimum absolute atomic E-state index is 0.0242. The summed E-state index contributed by atoms with van der Waals surface area (Å²) >= 11 is 0. The Bertz CT molecular complexity index is 670. The van der Waals surface area contributed by atoms with Crippen molar-refractivity contribution in [2.45, 2.75) is 6.92 Å². The Labute approximate surface area is 121 Å². The average molecular weight is 286 g/mol. The van der Waals surface area contributed by atoms with E-state index in [4.69, 9.17) is 0 Å². The molecule has 0 aromatic heterocycles. The molecule has 1 amide bonds. The number of carbonyl (C=O) groups excluding carboxylic acids is 1. The van der Waals surface area contributed by atoms with Crippen LogP contribution >= 0.6 is 0 Å². The van der Waals surface area contributed by atoms with Crippen LogP contribution in [0.2, 0.25) is 0 Å². The van der Waals surface area contributed by atoms with E-state index in [2.05, 4.69) is 10.5 Å². The van der Waals surface area contributed by atoms with Crippen molar-refractivity contribution in [1.29, 1.82) is 0 Å². The normalized spacial score (nSPS) is 10.7. The second-order valence-corrected chi connectivity index (χ2v) is 4.47. The number of aryl methyl sites for hydroxylation is 1. The lowest BCUT2D eigenvalue weighted by Crippen LogP contribution is -2.17. The van der Waals surface area contributed by atoms with Gasteiger partial charge in [0, 0.05) is 5.56 Å². The number of phenols is 3. The zero-order valence-electron chi connectivity index (χ0n) is 11.2. The van der Waals surface area contributed by atoms with Crippen molar-refractivity contribution in [2.75, 3.05) is 0 Å². The zero-order chi connectivity index (χ0) is 15.4. The van der Waals surface area contributed by atoms with E-state index in [1.54, 1.807) is 0 Å². The lowest BCUT2D eigenvalue weighted by atomic mass is 10.2. The number of amides is 1. The van der Waals surface area contributed by atoms with E-state index in [0.717, 1.165) is 23.3 Å². The molecule has 21 heavy (non-hydrogen) atoms. The van der Waals surface area contributed by atoms with Gasteiger partial charge in [0.2, 0.25) is 0 Å². The fourth-order valence-electron chi connectivity index (χ4n) is 1.62. The quantitative estimate of drug-likeness (QED) is 0.393. The molecular formula is C15H14N2O4. The number of aromatic hydroxyl groups is 3. The van der Waals surface area contributed by atoms with Gasteiger partial charge < -0.3 is 15.3 Å². The maximum atomic E-state index is 11.8. The molecule has 0 fully saturated rings. The molecule has 2 aromatic carbocycles. The van der Waals surface area contributed by atoms with E-state index in [1.165, 1.54) is 6.21 Å². The summed E-state index contributed by atoms with van der Waals surface area (Å²) in [5, 5.41) is 31.6. The maximum Gasteiger partial charge on any atom is 0.271 e. The molecule has 0 saturated heterocycles. The van der Waals surface area contributed by atoms with E-state index in [1.807, 2.05) is 31.2 Å². The summed E-state index contributed by atoms with van der Waals surface area (Å²) in [7, 11) is 0. The molecule has 0 aliphatic carbocycles. The van der Waals surface area contributed by atoms with Crippen LogP contribution in [0.1, 0.15) is 21.5 Å². The van der Waals surface area contributed by atoms with Crippen LogP contribution in [0, 0.1) is 6.92 Å². The van der Waals surface area contributed by atoms with Crippen LogP contribution < -0.4 is 5.43 Å². The van der Waals surface area contributed by atoms with Crippen molar-refractivity contribution in [3.05, 3.63) is 53.1 Å². The fourth-order valence-corrected chi connectivity index (χ4v) is 1.62. The van der Waals surface area contributed by atoms with Gasteiger partial charge in [0.1, 0.15) is 0 Å². The monoisotopic (exact) mass is 286 g/mol. The molecule has 0 radical (unpaired) electrons. The van der Waals surface area contributed by atoms with Gasteiger partial charge in [0.25, 0.3) is 5.91 Å². The lowest BCUT2D eigenvalue weighted by molar-refractivity contribution is 0.0954. The highest BCUT2D eigenvalue weighted by Crippen LogP contribution is 2.35. The van der Waals surface area contributed by atoms with E-state index < -0.39 is 23.2 Å². The molecular weight excluding hydrogens is 272 g/mol. The molecule has 108 valence electrons. The van der Waals surface area contributed by atoms with Gasteiger partial charge in [-0.05, 0) is 24.6 Å². The standard InChI is InChI=1S/C15H14N2O4/c1-9-2-4-10(5-3-9)8-16-17-15(21)11-6-12(18)14(20)13(19)7-11/h2-8,18-20H,1H3,(H,17,21)/b16-8-. The molecule has 2 rings (SSSR count). The van der Waals surface area contributed by atoms with Crippen molar-refractivity contribution in [3.63, 3.8) is 0 Å². The lowest BCUT2D eigenvalue weighted by Gasteiger charge is -2.04. The van der Waals surface area contributed by atoms with Crippen molar-refractivity contribution in [3.8, 4) is 17.2 Å². The third kappa shape index (κ3) is 3.50. The summed E-state index contributed by atoms with van der Waals surface area (Å²) in [5.41, 5.74) is 4.17. The number of hydrogen-bond donors (Lipinski definition) is 4. The maximum absolute atomic E-state index is 11.8. The Morgan fingerprint density at radius 1 is 1.10 bits per heavy atom. The van der Waals surface area contributed by atoms with Crippen molar-refractivity contribution in [1.82, 2.24) is 5.43 Å². The van der Waals surface area contributed by atoms with Crippen LogP contribution in [0.5, 0.6) is 17.2 Å². The Kier molecular flexibility index (Phi) is 4.08. The second kappa shape index (κ2) is 5.96. The van der Waals surface area contributed by atoms with Crippen LogP contribution in [0.15, 0.2) is 41.5 Å². The van der Waals surface area contributed by atoms with Crippen molar-refractivity contribution in [2.24, 2.45) is 5.10 Å². The minimum atomic E-state index is -0.672. The minimum Gasteiger partial charge on any atom is -0.504 e. The SMILES string of the molecule is Cc1ccc(/C=N\NC(=O)c2cc(O)c(O)c(O)c2)cc1. The highest BCUT2D eigenvalue weighted by molar-refractivity contribution is 5.96. The highest BCUT2D eigenvalue weighted by atomic mass is 16.3. The summed E-state index contributed by atoms with van der Waals surface area (Å²) in [4.78, 5) is 11.8. The molecule has 0 spiro atoms. The number of rotatable bonds is 3. The molecule has 6 heteroatoms. The Hall–Kier alpha value is -3.02. The Balaban J connectivity index is 2.06. The average Bonchev–Trinajstić information content (AvgIpc) is 2.46. The largest absolute Gasteiger partial charge is 0.504 e. The number of nitrogens with zero attached hydrogens (tertiary/aromatic N) is 1. The first-order chi connectivity index (χ1) is 9.97. The van der Waals surface area contributed by atoms with Gasteiger partial charge in [-0.3, -0.25) is 4.79 Å². The van der Waals surface area contributed by atoms with Gasteiger partial charge in [0.15, 0.2) is 17.2 Å².